The van der Waals surface area contributed by atoms with Gasteiger partial charge in [0.2, 0.25) is 0 Å². The molecule has 1 fully saturated rings. The number of furan rings is 1. The zero-order chi connectivity index (χ0) is 13.8. The van der Waals surface area contributed by atoms with Crippen molar-refractivity contribution in [3.05, 3.63) is 60.1 Å². The lowest BCUT2D eigenvalue weighted by Crippen LogP contribution is -2.42. The number of benzene rings is 1. The highest BCUT2D eigenvalue weighted by molar-refractivity contribution is 5.34. The quantitative estimate of drug-likeness (QED) is 0.824. The molecule has 1 aromatic heterocycles. The van der Waals surface area contributed by atoms with Gasteiger partial charge in [-0.25, -0.2) is 0 Å². The Balaban J connectivity index is 1.81. The van der Waals surface area contributed by atoms with Crippen LogP contribution in [0.15, 0.2) is 53.1 Å². The summed E-state index contributed by atoms with van der Waals surface area (Å²) in [7, 11) is 0. The summed E-state index contributed by atoms with van der Waals surface area (Å²) < 4.78 is 5.56. The normalized spacial score (nSPS) is 17.9. The minimum absolute atomic E-state index is 0.309. The highest BCUT2D eigenvalue weighted by Crippen LogP contribution is 2.51. The summed E-state index contributed by atoms with van der Waals surface area (Å²) in [6.07, 6.45) is 6.47. The van der Waals surface area contributed by atoms with Gasteiger partial charge in [0.15, 0.2) is 0 Å². The molecule has 3 rings (SSSR count). The summed E-state index contributed by atoms with van der Waals surface area (Å²) in [6.45, 7) is 3.29. The Bertz CT molecular complexity index is 514. The molecule has 0 saturated heterocycles. The maximum absolute atomic E-state index is 5.56. The Hall–Kier alpha value is -1.54. The van der Waals surface area contributed by atoms with Crippen LogP contribution in [0.3, 0.4) is 0 Å². The van der Waals surface area contributed by atoms with Crippen molar-refractivity contribution in [2.45, 2.75) is 44.1 Å². The van der Waals surface area contributed by atoms with E-state index in [-0.39, 0.29) is 0 Å². The first kappa shape index (κ1) is 13.4. The van der Waals surface area contributed by atoms with Crippen molar-refractivity contribution >= 4 is 0 Å². The number of rotatable bonds is 7. The van der Waals surface area contributed by atoms with Gasteiger partial charge in [0, 0.05) is 17.9 Å². The van der Waals surface area contributed by atoms with Gasteiger partial charge in [-0.05, 0) is 43.5 Å². The van der Waals surface area contributed by atoms with E-state index in [1.807, 2.05) is 6.07 Å². The molecule has 0 amide bonds. The van der Waals surface area contributed by atoms with Crippen molar-refractivity contribution in [2.24, 2.45) is 0 Å². The molecule has 1 aliphatic rings. The largest absolute Gasteiger partial charge is 0.469 e. The van der Waals surface area contributed by atoms with Crippen LogP contribution < -0.4 is 5.32 Å². The predicted molar refractivity (Wildman–Crippen MR) is 81.8 cm³/mol. The molecular formula is C18H23NO. The van der Waals surface area contributed by atoms with Crippen LogP contribution in [0.1, 0.15) is 37.5 Å². The summed E-state index contributed by atoms with van der Waals surface area (Å²) in [5.74, 6) is 1.08. The molecule has 1 saturated carbocycles. The van der Waals surface area contributed by atoms with E-state index in [9.17, 15) is 0 Å². The molecule has 1 aromatic carbocycles. The molecular weight excluding hydrogens is 246 g/mol. The van der Waals surface area contributed by atoms with Gasteiger partial charge in [0.05, 0.1) is 6.26 Å². The molecule has 2 heteroatoms. The first-order valence-electron chi connectivity index (χ1n) is 7.66. The maximum atomic E-state index is 5.56. The number of nitrogens with one attached hydrogen (secondary N) is 1. The van der Waals surface area contributed by atoms with Gasteiger partial charge in [0.1, 0.15) is 5.76 Å². The second-order valence-electron chi connectivity index (χ2n) is 5.81. The Morgan fingerprint density at radius 3 is 2.55 bits per heavy atom. The standard InChI is InChI=1S/C18H23NO/c1-2-12-19-17(14-16-9-6-13-20-16)18(10-11-18)15-7-4-3-5-8-15/h3-9,13,17,19H,2,10-12,14H2,1H3. The van der Waals surface area contributed by atoms with Crippen LogP contribution in [-0.2, 0) is 11.8 Å². The number of hydrogen-bond acceptors (Lipinski definition) is 2. The Labute approximate surface area is 121 Å². The van der Waals surface area contributed by atoms with Crippen LogP contribution in [0.2, 0.25) is 0 Å². The van der Waals surface area contributed by atoms with Gasteiger partial charge in [-0.2, -0.15) is 0 Å². The fourth-order valence-electron chi connectivity index (χ4n) is 3.15. The lowest BCUT2D eigenvalue weighted by molar-refractivity contribution is 0.379. The first-order chi connectivity index (χ1) is 9.85. The average Bonchev–Trinajstić information content (AvgIpc) is 3.15. The molecule has 0 spiro atoms. The van der Waals surface area contributed by atoms with Gasteiger partial charge in [-0.1, -0.05) is 37.3 Å². The van der Waals surface area contributed by atoms with E-state index in [1.165, 1.54) is 24.8 Å². The highest BCUT2D eigenvalue weighted by atomic mass is 16.3. The molecule has 1 N–H and O–H groups in total. The third kappa shape index (κ3) is 2.66. The molecule has 1 aliphatic carbocycles. The van der Waals surface area contributed by atoms with Crippen molar-refractivity contribution in [1.29, 1.82) is 0 Å². The zero-order valence-electron chi connectivity index (χ0n) is 12.1. The lowest BCUT2D eigenvalue weighted by Gasteiger charge is -2.28. The molecule has 1 atom stereocenters. The van der Waals surface area contributed by atoms with Crippen molar-refractivity contribution in [3.63, 3.8) is 0 Å². The monoisotopic (exact) mass is 269 g/mol. The van der Waals surface area contributed by atoms with E-state index in [2.05, 4.69) is 48.6 Å². The fraction of sp³-hybridized carbons (Fsp3) is 0.444. The molecule has 1 heterocycles. The van der Waals surface area contributed by atoms with Crippen LogP contribution in [0, 0.1) is 0 Å². The SMILES string of the molecule is CCCNC(Cc1ccco1)C1(c2ccccc2)CC1. The Morgan fingerprint density at radius 2 is 1.95 bits per heavy atom. The van der Waals surface area contributed by atoms with Gasteiger partial charge in [0.25, 0.3) is 0 Å². The molecule has 1 unspecified atom stereocenters. The number of hydrogen-bond donors (Lipinski definition) is 1. The van der Waals surface area contributed by atoms with Crippen molar-refractivity contribution in [2.75, 3.05) is 6.54 Å². The molecule has 20 heavy (non-hydrogen) atoms. The van der Waals surface area contributed by atoms with Crippen LogP contribution >= 0.6 is 0 Å². The molecule has 0 bridgehead atoms. The van der Waals surface area contributed by atoms with Gasteiger partial charge < -0.3 is 9.73 Å². The van der Waals surface area contributed by atoms with Crippen LogP contribution in [0.5, 0.6) is 0 Å². The third-order valence-electron chi connectivity index (χ3n) is 4.43. The van der Waals surface area contributed by atoms with Gasteiger partial charge in [-0.3, -0.25) is 0 Å². The molecule has 0 aliphatic heterocycles. The van der Waals surface area contributed by atoms with E-state index in [0.29, 0.717) is 11.5 Å². The summed E-state index contributed by atoms with van der Waals surface area (Å²) >= 11 is 0. The van der Waals surface area contributed by atoms with Crippen LogP contribution in [0.4, 0.5) is 0 Å². The Kier molecular flexibility index (Phi) is 3.93. The molecule has 2 aromatic rings. The van der Waals surface area contributed by atoms with Gasteiger partial charge >= 0.3 is 0 Å². The topological polar surface area (TPSA) is 25.2 Å². The molecule has 0 radical (unpaired) electrons. The van der Waals surface area contributed by atoms with E-state index in [1.54, 1.807) is 6.26 Å². The van der Waals surface area contributed by atoms with Gasteiger partial charge in [-0.15, -0.1) is 0 Å². The summed E-state index contributed by atoms with van der Waals surface area (Å²) in [6, 6.07) is 15.5. The zero-order valence-corrected chi connectivity index (χ0v) is 12.1. The predicted octanol–water partition coefficient (Wildman–Crippen LogP) is 3.92. The Morgan fingerprint density at radius 1 is 1.15 bits per heavy atom. The highest BCUT2D eigenvalue weighted by Gasteiger charge is 2.50. The maximum Gasteiger partial charge on any atom is 0.105 e. The van der Waals surface area contributed by atoms with Crippen molar-refractivity contribution < 1.29 is 4.42 Å². The summed E-state index contributed by atoms with van der Waals surface area (Å²) in [5, 5.41) is 3.75. The van der Waals surface area contributed by atoms with E-state index in [0.717, 1.165) is 18.7 Å². The van der Waals surface area contributed by atoms with Crippen molar-refractivity contribution in [3.8, 4) is 0 Å². The van der Waals surface area contributed by atoms with E-state index in [4.69, 9.17) is 4.42 Å². The van der Waals surface area contributed by atoms with Crippen LogP contribution in [-0.4, -0.2) is 12.6 Å². The van der Waals surface area contributed by atoms with E-state index < -0.39 is 0 Å². The third-order valence-corrected chi connectivity index (χ3v) is 4.43. The molecule has 106 valence electrons. The van der Waals surface area contributed by atoms with Crippen molar-refractivity contribution in [1.82, 2.24) is 5.32 Å². The lowest BCUT2D eigenvalue weighted by atomic mass is 9.85. The summed E-state index contributed by atoms with van der Waals surface area (Å²) in [4.78, 5) is 0. The minimum atomic E-state index is 0.309. The minimum Gasteiger partial charge on any atom is -0.469 e. The second-order valence-corrected chi connectivity index (χ2v) is 5.81. The van der Waals surface area contributed by atoms with E-state index >= 15 is 0 Å². The smallest absolute Gasteiger partial charge is 0.105 e. The molecule has 2 nitrogen and oxygen atoms in total. The second kappa shape index (κ2) is 5.84. The summed E-state index contributed by atoms with van der Waals surface area (Å²) in [5.41, 5.74) is 1.78. The fourth-order valence-corrected chi connectivity index (χ4v) is 3.15. The first-order valence-corrected chi connectivity index (χ1v) is 7.66. The average molecular weight is 269 g/mol. The van der Waals surface area contributed by atoms with Crippen LogP contribution in [0.25, 0.3) is 0 Å².